The number of H-pyrrole nitrogens is 2. The van der Waals surface area contributed by atoms with Crippen LogP contribution in [0, 0.1) is 0 Å². The molecule has 7 nitrogen and oxygen atoms in total. The second-order valence-corrected chi connectivity index (χ2v) is 4.59. The minimum atomic E-state index is -0.277. The lowest BCUT2D eigenvalue weighted by Crippen LogP contribution is -2.05. The molecule has 110 valence electrons. The lowest BCUT2D eigenvalue weighted by molar-refractivity contribution is 1.08. The van der Waals surface area contributed by atoms with Crippen LogP contribution in [0.1, 0.15) is 11.4 Å². The van der Waals surface area contributed by atoms with Crippen LogP contribution in [0.15, 0.2) is 52.6 Å². The van der Waals surface area contributed by atoms with Gasteiger partial charge in [-0.1, -0.05) is 30.3 Å². The summed E-state index contributed by atoms with van der Waals surface area (Å²) in [6, 6.07) is 9.86. The molecule has 7 heteroatoms. The zero-order chi connectivity index (χ0) is 15.4. The fraction of sp³-hybridized carbons (Fsp3) is 0.0667. The minimum absolute atomic E-state index is 0.277. The Morgan fingerprint density at radius 2 is 2.14 bits per heavy atom. The molecule has 3 rings (SSSR count). The summed E-state index contributed by atoms with van der Waals surface area (Å²) in [4.78, 5) is 29.6. The molecule has 0 unspecified atom stereocenters. The lowest BCUT2D eigenvalue weighted by atomic mass is 10.2. The highest BCUT2D eigenvalue weighted by atomic mass is 16.1. The van der Waals surface area contributed by atoms with Gasteiger partial charge in [-0.15, -0.1) is 0 Å². The molecular formula is C15H14N6O. The van der Waals surface area contributed by atoms with E-state index in [1.54, 1.807) is 6.21 Å². The van der Waals surface area contributed by atoms with Crippen LogP contribution >= 0.6 is 0 Å². The molecule has 0 saturated heterocycles. The maximum atomic E-state index is 11.7. The third kappa shape index (κ3) is 2.78. The average molecular weight is 294 g/mol. The predicted molar refractivity (Wildman–Crippen MR) is 85.3 cm³/mol. The molecule has 0 amide bonds. The van der Waals surface area contributed by atoms with E-state index in [0.717, 1.165) is 5.56 Å². The molecule has 22 heavy (non-hydrogen) atoms. The highest BCUT2D eigenvalue weighted by molar-refractivity contribution is 6.08. The van der Waals surface area contributed by atoms with E-state index < -0.39 is 0 Å². The lowest BCUT2D eigenvalue weighted by Gasteiger charge is -1.97. The van der Waals surface area contributed by atoms with Gasteiger partial charge < -0.3 is 15.7 Å². The van der Waals surface area contributed by atoms with Gasteiger partial charge in [0, 0.05) is 12.4 Å². The van der Waals surface area contributed by atoms with Gasteiger partial charge >= 0.3 is 0 Å². The molecule has 2 heterocycles. The molecule has 0 spiro atoms. The molecule has 0 atom stereocenters. The minimum Gasteiger partial charge on any atom is -0.404 e. The number of imidazole rings is 1. The molecule has 0 radical (unpaired) electrons. The Labute approximate surface area is 125 Å². The van der Waals surface area contributed by atoms with Gasteiger partial charge in [0.25, 0.3) is 5.56 Å². The number of hydrogen-bond acceptors (Lipinski definition) is 5. The SMILES string of the molecule is NC=C(C=NCc1ccccc1)c1nc2nc[nH]c(=O)c2[nH]1. The summed E-state index contributed by atoms with van der Waals surface area (Å²) in [6.07, 6.45) is 4.32. The fourth-order valence-corrected chi connectivity index (χ4v) is 1.99. The van der Waals surface area contributed by atoms with Crippen LogP contribution in [-0.4, -0.2) is 26.2 Å². The van der Waals surface area contributed by atoms with Crippen LogP contribution < -0.4 is 11.3 Å². The molecule has 0 aliphatic rings. The molecular weight excluding hydrogens is 280 g/mol. The Kier molecular flexibility index (Phi) is 3.78. The van der Waals surface area contributed by atoms with Crippen LogP contribution in [0.4, 0.5) is 0 Å². The summed E-state index contributed by atoms with van der Waals surface area (Å²) >= 11 is 0. The van der Waals surface area contributed by atoms with E-state index in [1.165, 1.54) is 12.5 Å². The second kappa shape index (κ2) is 6.04. The number of aliphatic imine (C=N–C) groups is 1. The van der Waals surface area contributed by atoms with Gasteiger partial charge in [0.05, 0.1) is 18.4 Å². The first-order chi connectivity index (χ1) is 10.8. The van der Waals surface area contributed by atoms with Crippen molar-refractivity contribution in [1.29, 1.82) is 0 Å². The normalized spacial score (nSPS) is 12.3. The van der Waals surface area contributed by atoms with Crippen molar-refractivity contribution in [3.05, 3.63) is 64.6 Å². The Morgan fingerprint density at radius 1 is 1.32 bits per heavy atom. The van der Waals surface area contributed by atoms with Gasteiger partial charge in [0.2, 0.25) is 0 Å². The first-order valence-electron chi connectivity index (χ1n) is 6.67. The Morgan fingerprint density at radius 3 is 2.86 bits per heavy atom. The van der Waals surface area contributed by atoms with Gasteiger partial charge in [0.15, 0.2) is 11.2 Å². The Bertz CT molecular complexity index is 891. The molecule has 4 N–H and O–H groups in total. The summed E-state index contributed by atoms with van der Waals surface area (Å²) < 4.78 is 0. The van der Waals surface area contributed by atoms with E-state index in [-0.39, 0.29) is 5.56 Å². The van der Waals surface area contributed by atoms with Gasteiger partial charge in [-0.3, -0.25) is 9.79 Å². The largest absolute Gasteiger partial charge is 0.404 e. The number of benzene rings is 1. The number of allylic oxidation sites excluding steroid dienone is 1. The first kappa shape index (κ1) is 13.7. The van der Waals surface area contributed by atoms with Gasteiger partial charge in [0.1, 0.15) is 5.82 Å². The van der Waals surface area contributed by atoms with Crippen molar-refractivity contribution >= 4 is 23.0 Å². The zero-order valence-corrected chi connectivity index (χ0v) is 11.7. The van der Waals surface area contributed by atoms with E-state index in [4.69, 9.17) is 5.73 Å². The zero-order valence-electron chi connectivity index (χ0n) is 11.7. The van der Waals surface area contributed by atoms with Gasteiger partial charge in [-0.2, -0.15) is 0 Å². The monoisotopic (exact) mass is 294 g/mol. The maximum Gasteiger partial charge on any atom is 0.276 e. The molecule has 0 bridgehead atoms. The van der Waals surface area contributed by atoms with Crippen molar-refractivity contribution in [3.8, 4) is 0 Å². The molecule has 3 aromatic rings. The number of hydrogen-bond donors (Lipinski definition) is 3. The third-order valence-electron chi connectivity index (χ3n) is 3.09. The Balaban J connectivity index is 1.84. The highest BCUT2D eigenvalue weighted by Gasteiger charge is 2.09. The van der Waals surface area contributed by atoms with E-state index in [0.29, 0.717) is 29.1 Å². The second-order valence-electron chi connectivity index (χ2n) is 4.59. The first-order valence-corrected chi connectivity index (χ1v) is 6.67. The number of nitrogens with two attached hydrogens (primary N) is 1. The van der Waals surface area contributed by atoms with Crippen LogP contribution in [0.5, 0.6) is 0 Å². The summed E-state index contributed by atoms with van der Waals surface area (Å²) in [5, 5.41) is 0. The standard InChI is InChI=1S/C15H14N6O/c16-6-11(8-17-7-10-4-2-1-3-5-10)13-20-12-14(21-13)18-9-19-15(12)22/h1-6,8-9H,7,16H2,(H2,18,19,20,21,22). The number of nitrogens with zero attached hydrogens (tertiary/aromatic N) is 3. The van der Waals surface area contributed by atoms with Crippen molar-refractivity contribution in [2.75, 3.05) is 0 Å². The fourth-order valence-electron chi connectivity index (χ4n) is 1.99. The average Bonchev–Trinajstić information content (AvgIpc) is 2.98. The van der Waals surface area contributed by atoms with Crippen molar-refractivity contribution in [2.45, 2.75) is 6.54 Å². The maximum absolute atomic E-state index is 11.7. The van der Waals surface area contributed by atoms with E-state index in [9.17, 15) is 4.79 Å². The number of aromatic amines is 2. The van der Waals surface area contributed by atoms with Crippen LogP contribution in [0.25, 0.3) is 16.7 Å². The number of fused-ring (bicyclic) bond motifs is 1. The van der Waals surface area contributed by atoms with Crippen LogP contribution in [0.3, 0.4) is 0 Å². The summed E-state index contributed by atoms with van der Waals surface area (Å²) in [6.45, 7) is 0.539. The van der Waals surface area contributed by atoms with Crippen molar-refractivity contribution in [1.82, 2.24) is 19.9 Å². The van der Waals surface area contributed by atoms with Crippen LogP contribution in [-0.2, 0) is 6.54 Å². The molecule has 0 aliphatic carbocycles. The predicted octanol–water partition coefficient (Wildman–Crippen LogP) is 1.22. The summed E-state index contributed by atoms with van der Waals surface area (Å²) in [5.74, 6) is 0.457. The molecule has 0 saturated carbocycles. The molecule has 2 aromatic heterocycles. The highest BCUT2D eigenvalue weighted by Crippen LogP contribution is 2.11. The molecule has 0 aliphatic heterocycles. The number of rotatable bonds is 4. The Hall–Kier alpha value is -3.22. The van der Waals surface area contributed by atoms with E-state index in [2.05, 4.69) is 24.9 Å². The van der Waals surface area contributed by atoms with E-state index in [1.807, 2.05) is 30.3 Å². The molecule has 1 aromatic carbocycles. The quantitative estimate of drug-likeness (QED) is 0.628. The number of aromatic nitrogens is 4. The van der Waals surface area contributed by atoms with Crippen molar-refractivity contribution in [2.24, 2.45) is 10.7 Å². The third-order valence-corrected chi connectivity index (χ3v) is 3.09. The van der Waals surface area contributed by atoms with Gasteiger partial charge in [-0.25, -0.2) is 9.97 Å². The van der Waals surface area contributed by atoms with Crippen molar-refractivity contribution < 1.29 is 0 Å². The smallest absolute Gasteiger partial charge is 0.276 e. The van der Waals surface area contributed by atoms with Crippen molar-refractivity contribution in [3.63, 3.8) is 0 Å². The topological polar surface area (TPSA) is 113 Å². The molecule has 0 fully saturated rings. The van der Waals surface area contributed by atoms with E-state index >= 15 is 0 Å². The van der Waals surface area contributed by atoms with Gasteiger partial charge in [-0.05, 0) is 5.56 Å². The summed E-state index contributed by atoms with van der Waals surface area (Å²) in [7, 11) is 0. The van der Waals surface area contributed by atoms with Crippen LogP contribution in [0.2, 0.25) is 0 Å². The summed E-state index contributed by atoms with van der Waals surface area (Å²) in [5.41, 5.74) is 7.69. The number of nitrogens with one attached hydrogen (secondary N) is 2.